The minimum absolute atomic E-state index is 0.454. The fourth-order valence-electron chi connectivity index (χ4n) is 3.48. The zero-order valence-electron chi connectivity index (χ0n) is 11.4. The summed E-state index contributed by atoms with van der Waals surface area (Å²) < 4.78 is 0. The Morgan fingerprint density at radius 1 is 1.53 bits per heavy atom. The summed E-state index contributed by atoms with van der Waals surface area (Å²) in [6, 6.07) is 4.13. The normalized spacial score (nSPS) is 24.2. The zero-order valence-corrected chi connectivity index (χ0v) is 11.4. The highest BCUT2D eigenvalue weighted by atomic mass is 16.4. The van der Waals surface area contributed by atoms with E-state index < -0.39 is 5.97 Å². The Kier molecular flexibility index (Phi) is 2.97. The van der Waals surface area contributed by atoms with Crippen LogP contribution in [0.4, 0.5) is 5.69 Å². The van der Waals surface area contributed by atoms with Gasteiger partial charge in [-0.3, -0.25) is 0 Å². The van der Waals surface area contributed by atoms with Gasteiger partial charge in [0.25, 0.3) is 0 Å². The number of hydrogen-bond acceptors (Lipinski definition) is 3. The van der Waals surface area contributed by atoms with Gasteiger partial charge in [0.15, 0.2) is 0 Å². The quantitative estimate of drug-likeness (QED) is 0.874. The van der Waals surface area contributed by atoms with E-state index in [-0.39, 0.29) is 0 Å². The second kappa shape index (κ2) is 4.53. The van der Waals surface area contributed by atoms with Gasteiger partial charge in [-0.25, -0.2) is 4.79 Å². The number of nitrogens with one attached hydrogen (secondary N) is 1. The predicted octanol–water partition coefficient (Wildman–Crippen LogP) is 2.16. The van der Waals surface area contributed by atoms with Gasteiger partial charge in [0.2, 0.25) is 0 Å². The van der Waals surface area contributed by atoms with Crippen molar-refractivity contribution >= 4 is 11.7 Å². The third-order valence-electron chi connectivity index (χ3n) is 4.65. The largest absolute Gasteiger partial charge is 0.478 e. The standard InChI is InChI=1S/C15H20N2O2/c1-3-17(2)10-6-9-8-16-13-5-4-11(15(18)19)12(7-10)14(9)13/h4-5,9-10,16H,3,6-8H2,1-2H3,(H,18,19). The number of carbonyl (C=O) groups is 1. The number of likely N-dealkylation sites (N-methyl/N-ethyl adjacent to an activating group) is 1. The minimum atomic E-state index is -0.803. The number of benzene rings is 1. The smallest absolute Gasteiger partial charge is 0.335 e. The second-order valence-electron chi connectivity index (χ2n) is 5.60. The number of carboxylic acids is 1. The molecule has 0 saturated heterocycles. The average molecular weight is 260 g/mol. The van der Waals surface area contributed by atoms with Gasteiger partial charge >= 0.3 is 5.97 Å². The maximum absolute atomic E-state index is 11.4. The van der Waals surface area contributed by atoms with Gasteiger partial charge < -0.3 is 15.3 Å². The lowest BCUT2D eigenvalue weighted by Gasteiger charge is -2.35. The van der Waals surface area contributed by atoms with Crippen molar-refractivity contribution in [3.8, 4) is 0 Å². The first-order valence-electron chi connectivity index (χ1n) is 6.95. The summed E-state index contributed by atoms with van der Waals surface area (Å²) in [4.78, 5) is 13.8. The first kappa shape index (κ1) is 12.5. The van der Waals surface area contributed by atoms with Crippen LogP contribution in [-0.4, -0.2) is 42.2 Å². The lowest BCUT2D eigenvalue weighted by molar-refractivity contribution is 0.0694. The molecule has 0 spiro atoms. The van der Waals surface area contributed by atoms with E-state index in [9.17, 15) is 9.90 Å². The molecule has 0 radical (unpaired) electrons. The highest BCUT2D eigenvalue weighted by Gasteiger charge is 2.36. The Bertz CT molecular complexity index is 527. The number of rotatable bonds is 3. The van der Waals surface area contributed by atoms with Crippen LogP contribution in [0.15, 0.2) is 12.1 Å². The van der Waals surface area contributed by atoms with Crippen LogP contribution in [0.25, 0.3) is 0 Å². The molecule has 1 aliphatic heterocycles. The van der Waals surface area contributed by atoms with Crippen molar-refractivity contribution < 1.29 is 9.90 Å². The highest BCUT2D eigenvalue weighted by Crippen LogP contribution is 2.43. The molecule has 19 heavy (non-hydrogen) atoms. The molecule has 4 nitrogen and oxygen atoms in total. The predicted molar refractivity (Wildman–Crippen MR) is 75.0 cm³/mol. The molecule has 102 valence electrons. The van der Waals surface area contributed by atoms with Crippen molar-refractivity contribution in [2.75, 3.05) is 25.5 Å². The van der Waals surface area contributed by atoms with Crippen LogP contribution in [0.2, 0.25) is 0 Å². The van der Waals surface area contributed by atoms with Gasteiger partial charge in [-0.05, 0) is 49.7 Å². The summed E-state index contributed by atoms with van der Waals surface area (Å²) in [5.74, 6) is -0.333. The molecular weight excluding hydrogens is 240 g/mol. The van der Waals surface area contributed by atoms with Crippen molar-refractivity contribution in [3.05, 3.63) is 28.8 Å². The van der Waals surface area contributed by atoms with Crippen molar-refractivity contribution in [1.29, 1.82) is 0 Å². The second-order valence-corrected chi connectivity index (χ2v) is 5.60. The van der Waals surface area contributed by atoms with Crippen LogP contribution in [0.5, 0.6) is 0 Å². The molecule has 0 amide bonds. The van der Waals surface area contributed by atoms with E-state index in [1.165, 1.54) is 5.56 Å². The monoisotopic (exact) mass is 260 g/mol. The topological polar surface area (TPSA) is 52.6 Å². The van der Waals surface area contributed by atoms with Crippen molar-refractivity contribution in [2.24, 2.45) is 0 Å². The highest BCUT2D eigenvalue weighted by molar-refractivity contribution is 5.91. The lowest BCUT2D eigenvalue weighted by atomic mass is 9.78. The number of anilines is 1. The van der Waals surface area contributed by atoms with E-state index >= 15 is 0 Å². The first-order valence-corrected chi connectivity index (χ1v) is 6.95. The molecule has 0 aromatic heterocycles. The molecule has 0 fully saturated rings. The van der Waals surface area contributed by atoms with Crippen LogP contribution in [0, 0.1) is 0 Å². The number of carboxylic acid groups (broad SMARTS) is 1. The van der Waals surface area contributed by atoms with E-state index in [2.05, 4.69) is 24.2 Å². The molecule has 3 rings (SSSR count). The van der Waals surface area contributed by atoms with E-state index in [0.717, 1.165) is 37.2 Å². The molecule has 0 saturated carbocycles. The first-order chi connectivity index (χ1) is 9.11. The number of nitrogens with zero attached hydrogens (tertiary/aromatic N) is 1. The van der Waals surface area contributed by atoms with E-state index in [0.29, 0.717) is 17.5 Å². The number of hydrogen-bond donors (Lipinski definition) is 2. The summed E-state index contributed by atoms with van der Waals surface area (Å²) in [7, 11) is 2.13. The molecule has 2 unspecified atom stereocenters. The van der Waals surface area contributed by atoms with Gasteiger partial charge in [0.05, 0.1) is 5.56 Å². The molecule has 1 aromatic rings. The van der Waals surface area contributed by atoms with Gasteiger partial charge in [-0.2, -0.15) is 0 Å². The summed E-state index contributed by atoms with van der Waals surface area (Å²) >= 11 is 0. The number of aromatic carboxylic acids is 1. The fourth-order valence-corrected chi connectivity index (χ4v) is 3.48. The Morgan fingerprint density at radius 2 is 2.32 bits per heavy atom. The Hall–Kier alpha value is -1.55. The molecule has 2 atom stereocenters. The molecule has 1 aromatic carbocycles. The molecule has 4 heteroatoms. The van der Waals surface area contributed by atoms with E-state index in [4.69, 9.17) is 0 Å². The average Bonchev–Trinajstić information content (AvgIpc) is 2.82. The Morgan fingerprint density at radius 3 is 3.00 bits per heavy atom. The lowest BCUT2D eigenvalue weighted by Crippen LogP contribution is -2.38. The van der Waals surface area contributed by atoms with Crippen LogP contribution in [-0.2, 0) is 6.42 Å². The molecule has 2 aliphatic rings. The van der Waals surface area contributed by atoms with Crippen LogP contribution >= 0.6 is 0 Å². The van der Waals surface area contributed by atoms with E-state index in [1.54, 1.807) is 6.07 Å². The molecule has 1 aliphatic carbocycles. The van der Waals surface area contributed by atoms with Crippen LogP contribution < -0.4 is 5.32 Å². The third-order valence-corrected chi connectivity index (χ3v) is 4.65. The Balaban J connectivity index is 2.06. The van der Waals surface area contributed by atoms with Gasteiger partial charge in [-0.15, -0.1) is 0 Å². The third kappa shape index (κ3) is 1.91. The van der Waals surface area contributed by atoms with Crippen LogP contribution in [0.1, 0.15) is 40.7 Å². The Labute approximate surface area is 113 Å². The van der Waals surface area contributed by atoms with Crippen molar-refractivity contribution in [1.82, 2.24) is 4.90 Å². The minimum Gasteiger partial charge on any atom is -0.478 e. The summed E-state index contributed by atoms with van der Waals surface area (Å²) in [6.45, 7) is 4.10. The maximum atomic E-state index is 11.4. The zero-order chi connectivity index (χ0) is 13.6. The van der Waals surface area contributed by atoms with Gasteiger partial charge in [-0.1, -0.05) is 6.92 Å². The maximum Gasteiger partial charge on any atom is 0.335 e. The van der Waals surface area contributed by atoms with Crippen molar-refractivity contribution in [3.63, 3.8) is 0 Å². The molecular formula is C15H20N2O2. The fraction of sp³-hybridized carbons (Fsp3) is 0.533. The summed E-state index contributed by atoms with van der Waals surface area (Å²) in [5.41, 5.74) is 3.95. The van der Waals surface area contributed by atoms with Gasteiger partial charge in [0, 0.05) is 24.2 Å². The SMILES string of the molecule is CCN(C)C1Cc2c(C(=O)O)ccc3c2C(CN3)C1. The molecule has 2 N–H and O–H groups in total. The summed E-state index contributed by atoms with van der Waals surface area (Å²) in [5, 5.41) is 12.8. The van der Waals surface area contributed by atoms with Crippen molar-refractivity contribution in [2.45, 2.75) is 31.7 Å². The molecule has 0 bridgehead atoms. The van der Waals surface area contributed by atoms with Crippen LogP contribution in [0.3, 0.4) is 0 Å². The molecule has 1 heterocycles. The van der Waals surface area contributed by atoms with Gasteiger partial charge in [0.1, 0.15) is 0 Å². The van der Waals surface area contributed by atoms with E-state index in [1.807, 2.05) is 6.07 Å². The summed E-state index contributed by atoms with van der Waals surface area (Å²) in [6.07, 6.45) is 1.98.